The highest BCUT2D eigenvalue weighted by molar-refractivity contribution is 7.98. The maximum atomic E-state index is 12.9. The first-order valence-corrected chi connectivity index (χ1v) is 12.7. The highest BCUT2D eigenvalue weighted by Crippen LogP contribution is 2.28. The molecule has 0 spiro atoms. The van der Waals surface area contributed by atoms with Gasteiger partial charge in [0.2, 0.25) is 15.9 Å². The van der Waals surface area contributed by atoms with Crippen molar-refractivity contribution in [3.63, 3.8) is 0 Å². The molecule has 7 nitrogen and oxygen atoms in total. The van der Waals surface area contributed by atoms with Gasteiger partial charge in [-0.15, -0.1) is 11.8 Å². The monoisotopic (exact) mass is 464 g/mol. The third-order valence-corrected chi connectivity index (χ3v) is 8.09. The molecule has 1 aliphatic heterocycles. The average Bonchev–Trinajstić information content (AvgIpc) is 2.82. The van der Waals surface area contributed by atoms with Gasteiger partial charge in [0, 0.05) is 30.4 Å². The summed E-state index contributed by atoms with van der Waals surface area (Å²) in [6.07, 6.45) is 2.95. The SMILES string of the molecule is COc1ccc(CNC(=O)C2CCN(S(=O)(=O)c3ccc(SC)cc3)CC2)cc1OC. The van der Waals surface area contributed by atoms with Gasteiger partial charge in [-0.1, -0.05) is 6.07 Å². The molecular formula is C22H28N2O5S2. The van der Waals surface area contributed by atoms with Gasteiger partial charge in [-0.3, -0.25) is 4.79 Å². The number of thioether (sulfide) groups is 1. The lowest BCUT2D eigenvalue weighted by Gasteiger charge is -2.30. The predicted molar refractivity (Wildman–Crippen MR) is 121 cm³/mol. The van der Waals surface area contributed by atoms with Crippen LogP contribution >= 0.6 is 11.8 Å². The van der Waals surface area contributed by atoms with E-state index in [4.69, 9.17) is 9.47 Å². The van der Waals surface area contributed by atoms with Gasteiger partial charge in [-0.05, 0) is 61.1 Å². The Morgan fingerprint density at radius 2 is 1.71 bits per heavy atom. The van der Waals surface area contributed by atoms with Crippen LogP contribution in [-0.4, -0.2) is 52.2 Å². The van der Waals surface area contributed by atoms with Crippen LogP contribution in [0.1, 0.15) is 18.4 Å². The molecule has 1 aliphatic rings. The summed E-state index contributed by atoms with van der Waals surface area (Å²) in [7, 11) is -0.396. The zero-order chi connectivity index (χ0) is 22.4. The Hall–Kier alpha value is -2.23. The first kappa shape index (κ1) is 23.4. The lowest BCUT2D eigenvalue weighted by molar-refractivity contribution is -0.126. The summed E-state index contributed by atoms with van der Waals surface area (Å²) in [5, 5.41) is 2.95. The molecule has 3 rings (SSSR count). The van der Waals surface area contributed by atoms with Crippen molar-refractivity contribution < 1.29 is 22.7 Å². The molecule has 0 aliphatic carbocycles. The number of piperidine rings is 1. The standard InChI is InChI=1S/C22H28N2O5S2/c1-28-20-9-4-16(14-21(20)29-2)15-23-22(25)17-10-12-24(13-11-17)31(26,27)19-7-5-18(30-3)6-8-19/h4-9,14,17H,10-13,15H2,1-3H3,(H,23,25). The molecular weight excluding hydrogens is 436 g/mol. The number of amides is 1. The van der Waals surface area contributed by atoms with Crippen LogP contribution in [-0.2, 0) is 21.4 Å². The lowest BCUT2D eigenvalue weighted by Crippen LogP contribution is -2.42. The van der Waals surface area contributed by atoms with Crippen LogP contribution in [0.15, 0.2) is 52.3 Å². The fourth-order valence-corrected chi connectivity index (χ4v) is 5.46. The van der Waals surface area contributed by atoms with Gasteiger partial charge in [0.25, 0.3) is 0 Å². The van der Waals surface area contributed by atoms with Gasteiger partial charge < -0.3 is 14.8 Å². The van der Waals surface area contributed by atoms with E-state index in [0.29, 0.717) is 48.9 Å². The second-order valence-electron chi connectivity index (χ2n) is 7.26. The number of carbonyl (C=O) groups excluding carboxylic acids is 1. The summed E-state index contributed by atoms with van der Waals surface area (Å²) in [5.41, 5.74) is 0.903. The molecule has 168 valence electrons. The molecule has 0 bridgehead atoms. The van der Waals surface area contributed by atoms with Crippen molar-refractivity contribution in [2.75, 3.05) is 33.6 Å². The summed E-state index contributed by atoms with van der Waals surface area (Å²) in [4.78, 5) is 13.9. The average molecular weight is 465 g/mol. The third kappa shape index (κ3) is 5.53. The van der Waals surface area contributed by atoms with E-state index in [1.165, 1.54) is 4.31 Å². The molecule has 1 saturated heterocycles. The Kier molecular flexibility index (Phi) is 7.85. The van der Waals surface area contributed by atoms with E-state index in [-0.39, 0.29) is 11.8 Å². The Morgan fingerprint density at radius 1 is 1.06 bits per heavy atom. The third-order valence-electron chi connectivity index (χ3n) is 5.44. The maximum absolute atomic E-state index is 12.9. The Balaban J connectivity index is 1.54. The van der Waals surface area contributed by atoms with Gasteiger partial charge >= 0.3 is 0 Å². The quantitative estimate of drug-likeness (QED) is 0.604. The zero-order valence-electron chi connectivity index (χ0n) is 18.0. The van der Waals surface area contributed by atoms with Crippen molar-refractivity contribution in [2.24, 2.45) is 5.92 Å². The largest absolute Gasteiger partial charge is 0.493 e. The van der Waals surface area contributed by atoms with Crippen LogP contribution in [0.5, 0.6) is 11.5 Å². The number of methoxy groups -OCH3 is 2. The minimum atomic E-state index is -3.54. The van der Waals surface area contributed by atoms with E-state index in [2.05, 4.69) is 5.32 Å². The molecule has 1 heterocycles. The van der Waals surface area contributed by atoms with Crippen LogP contribution in [0, 0.1) is 5.92 Å². The van der Waals surface area contributed by atoms with E-state index in [1.807, 2.05) is 30.5 Å². The van der Waals surface area contributed by atoms with Crippen LogP contribution in [0.4, 0.5) is 0 Å². The summed E-state index contributed by atoms with van der Waals surface area (Å²) >= 11 is 1.57. The van der Waals surface area contributed by atoms with Crippen LogP contribution in [0.2, 0.25) is 0 Å². The number of rotatable bonds is 8. The number of nitrogens with zero attached hydrogens (tertiary/aromatic N) is 1. The molecule has 1 amide bonds. The number of carbonyl (C=O) groups is 1. The number of hydrogen-bond acceptors (Lipinski definition) is 6. The van der Waals surface area contributed by atoms with Gasteiger partial charge in [0.1, 0.15) is 0 Å². The zero-order valence-corrected chi connectivity index (χ0v) is 19.6. The highest BCUT2D eigenvalue weighted by atomic mass is 32.2. The first-order valence-electron chi connectivity index (χ1n) is 10.0. The smallest absolute Gasteiger partial charge is 0.243 e. The van der Waals surface area contributed by atoms with E-state index >= 15 is 0 Å². The normalized spacial score (nSPS) is 15.5. The first-order chi connectivity index (χ1) is 14.9. The summed E-state index contributed by atoms with van der Waals surface area (Å²) in [5.74, 6) is 0.981. The molecule has 0 radical (unpaired) electrons. The van der Waals surface area contributed by atoms with E-state index in [9.17, 15) is 13.2 Å². The molecule has 1 fully saturated rings. The second kappa shape index (κ2) is 10.4. The Labute approximate surface area is 188 Å². The Morgan fingerprint density at radius 3 is 2.29 bits per heavy atom. The van der Waals surface area contributed by atoms with Crippen molar-refractivity contribution in [2.45, 2.75) is 29.2 Å². The number of ether oxygens (including phenoxy) is 2. The number of benzene rings is 2. The van der Waals surface area contributed by atoms with Crippen molar-refractivity contribution in [1.29, 1.82) is 0 Å². The molecule has 0 saturated carbocycles. The molecule has 31 heavy (non-hydrogen) atoms. The number of hydrogen-bond donors (Lipinski definition) is 1. The lowest BCUT2D eigenvalue weighted by atomic mass is 9.97. The fourth-order valence-electron chi connectivity index (χ4n) is 3.58. The molecule has 2 aromatic carbocycles. The van der Waals surface area contributed by atoms with Crippen molar-refractivity contribution >= 4 is 27.7 Å². The maximum Gasteiger partial charge on any atom is 0.243 e. The summed E-state index contributed by atoms with van der Waals surface area (Å²) in [6.45, 7) is 1.04. The van der Waals surface area contributed by atoms with E-state index < -0.39 is 10.0 Å². The number of sulfonamides is 1. The summed E-state index contributed by atoms with van der Waals surface area (Å²) < 4.78 is 37.8. The topological polar surface area (TPSA) is 84.9 Å². The number of nitrogens with one attached hydrogen (secondary N) is 1. The molecule has 0 unspecified atom stereocenters. The van der Waals surface area contributed by atoms with Crippen molar-refractivity contribution in [3.05, 3.63) is 48.0 Å². The Bertz CT molecular complexity index is 1000. The van der Waals surface area contributed by atoms with Crippen molar-refractivity contribution in [3.8, 4) is 11.5 Å². The van der Waals surface area contributed by atoms with E-state index in [1.54, 1.807) is 44.2 Å². The minimum Gasteiger partial charge on any atom is -0.493 e. The summed E-state index contributed by atoms with van der Waals surface area (Å²) in [6, 6.07) is 12.4. The molecule has 9 heteroatoms. The molecule has 2 aromatic rings. The molecule has 0 atom stereocenters. The van der Waals surface area contributed by atoms with Crippen LogP contribution in [0.3, 0.4) is 0 Å². The van der Waals surface area contributed by atoms with Crippen molar-refractivity contribution in [1.82, 2.24) is 9.62 Å². The van der Waals surface area contributed by atoms with Gasteiger partial charge in [0.15, 0.2) is 11.5 Å². The van der Waals surface area contributed by atoms with Gasteiger partial charge in [-0.25, -0.2) is 8.42 Å². The predicted octanol–water partition coefficient (Wildman–Crippen LogP) is 3.14. The second-order valence-corrected chi connectivity index (χ2v) is 10.1. The highest BCUT2D eigenvalue weighted by Gasteiger charge is 2.32. The minimum absolute atomic E-state index is 0.0591. The molecule has 0 aromatic heterocycles. The fraction of sp³-hybridized carbons (Fsp3) is 0.409. The van der Waals surface area contributed by atoms with Crippen LogP contribution < -0.4 is 14.8 Å². The molecule has 1 N–H and O–H groups in total. The van der Waals surface area contributed by atoms with E-state index in [0.717, 1.165) is 10.5 Å². The van der Waals surface area contributed by atoms with Gasteiger partial charge in [-0.2, -0.15) is 4.31 Å². The van der Waals surface area contributed by atoms with Crippen LogP contribution in [0.25, 0.3) is 0 Å². The van der Waals surface area contributed by atoms with Gasteiger partial charge in [0.05, 0.1) is 19.1 Å².